The molecule has 1 atom stereocenters. The van der Waals surface area contributed by atoms with Crippen LogP contribution in [0.3, 0.4) is 0 Å². The molecular formula is C14H17ClF2N4OS2. The maximum atomic E-state index is 14.2. The topological polar surface area (TPSA) is 66.0 Å². The minimum absolute atomic E-state index is 0.105. The van der Waals surface area contributed by atoms with Gasteiger partial charge in [0.15, 0.2) is 21.2 Å². The van der Waals surface area contributed by atoms with Crippen LogP contribution < -0.4 is 15.4 Å². The molecule has 0 aliphatic carbocycles. The second kappa shape index (κ2) is 9.26. The highest BCUT2D eigenvalue weighted by atomic mass is 35.5. The van der Waals surface area contributed by atoms with Gasteiger partial charge in [0.25, 0.3) is 0 Å². The number of hydrogen-bond acceptors (Lipinski definition) is 5. The molecular weight excluding hydrogens is 378 g/mol. The first-order valence-electron chi connectivity index (χ1n) is 7.18. The first-order chi connectivity index (χ1) is 11.5. The molecule has 0 spiro atoms. The summed E-state index contributed by atoms with van der Waals surface area (Å²) >= 11 is 6.80. The molecule has 0 saturated carbocycles. The average molecular weight is 395 g/mol. The van der Waals surface area contributed by atoms with E-state index in [0.29, 0.717) is 23.6 Å². The van der Waals surface area contributed by atoms with E-state index in [4.69, 9.17) is 11.6 Å². The van der Waals surface area contributed by atoms with Gasteiger partial charge in [-0.1, -0.05) is 22.9 Å². The molecule has 10 heteroatoms. The summed E-state index contributed by atoms with van der Waals surface area (Å²) < 4.78 is 41.7. The van der Waals surface area contributed by atoms with Gasteiger partial charge >= 0.3 is 0 Å². The zero-order valence-corrected chi connectivity index (χ0v) is 15.3. The van der Waals surface area contributed by atoms with Crippen LogP contribution in [0.4, 0.5) is 19.6 Å². The van der Waals surface area contributed by atoms with Crippen molar-refractivity contribution in [1.82, 2.24) is 10.3 Å². The van der Waals surface area contributed by atoms with E-state index in [2.05, 4.69) is 20.3 Å². The summed E-state index contributed by atoms with van der Waals surface area (Å²) in [5.41, 5.74) is 0.444. The van der Waals surface area contributed by atoms with Crippen LogP contribution in [0.5, 0.6) is 0 Å². The Labute approximate surface area is 150 Å². The number of benzene rings is 1. The molecule has 132 valence electrons. The molecule has 0 fully saturated rings. The molecule has 2 aromatic rings. The fourth-order valence-electron chi connectivity index (χ4n) is 1.89. The second-order valence-electron chi connectivity index (χ2n) is 4.84. The summed E-state index contributed by atoms with van der Waals surface area (Å²) in [6.45, 7) is 1.56. The lowest BCUT2D eigenvalue weighted by Gasteiger charge is -2.11. The highest BCUT2D eigenvalue weighted by Gasteiger charge is 2.15. The SMILES string of the molecule is CNCCCCNc1cc(F)c(S(=O)Nc2ncc(F)s2)cc1Cl. The van der Waals surface area contributed by atoms with Gasteiger partial charge in [-0.15, -0.1) is 0 Å². The zero-order valence-electron chi connectivity index (χ0n) is 12.9. The van der Waals surface area contributed by atoms with Crippen molar-refractivity contribution in [2.45, 2.75) is 17.7 Å². The van der Waals surface area contributed by atoms with Crippen molar-refractivity contribution in [2.75, 3.05) is 30.2 Å². The van der Waals surface area contributed by atoms with Gasteiger partial charge in [0.2, 0.25) is 0 Å². The Morgan fingerprint density at radius 1 is 1.29 bits per heavy atom. The smallest absolute Gasteiger partial charge is 0.198 e. The van der Waals surface area contributed by atoms with Crippen molar-refractivity contribution in [3.63, 3.8) is 0 Å². The molecule has 0 aliphatic heterocycles. The summed E-state index contributed by atoms with van der Waals surface area (Å²) in [6.07, 6.45) is 2.89. The van der Waals surface area contributed by atoms with E-state index >= 15 is 0 Å². The van der Waals surface area contributed by atoms with E-state index in [1.807, 2.05) is 7.05 Å². The van der Waals surface area contributed by atoms with Crippen LogP contribution in [0, 0.1) is 10.9 Å². The lowest BCUT2D eigenvalue weighted by atomic mass is 10.2. The average Bonchev–Trinajstić information content (AvgIpc) is 2.94. The first kappa shape index (κ1) is 19.0. The van der Waals surface area contributed by atoms with E-state index in [1.54, 1.807) is 0 Å². The Morgan fingerprint density at radius 3 is 2.71 bits per heavy atom. The minimum atomic E-state index is -1.93. The number of anilines is 2. The third-order valence-corrected chi connectivity index (χ3v) is 5.28. The summed E-state index contributed by atoms with van der Waals surface area (Å²) in [7, 11) is -0.0438. The molecule has 5 nitrogen and oxygen atoms in total. The lowest BCUT2D eigenvalue weighted by Crippen LogP contribution is -2.11. The quantitative estimate of drug-likeness (QED) is 0.568. The fraction of sp³-hybridized carbons (Fsp3) is 0.357. The Hall–Kier alpha value is -1.29. The Bertz CT molecular complexity index is 714. The maximum absolute atomic E-state index is 14.2. The number of thiazole rings is 1. The summed E-state index contributed by atoms with van der Waals surface area (Å²) in [6, 6.07) is 2.50. The molecule has 1 aromatic heterocycles. The van der Waals surface area contributed by atoms with Gasteiger partial charge in [-0.25, -0.2) is 13.6 Å². The molecule has 1 unspecified atom stereocenters. The van der Waals surface area contributed by atoms with Crippen LogP contribution in [-0.4, -0.2) is 29.3 Å². The van der Waals surface area contributed by atoms with Crippen molar-refractivity contribution in [2.24, 2.45) is 0 Å². The normalized spacial score (nSPS) is 12.2. The van der Waals surface area contributed by atoms with Crippen molar-refractivity contribution < 1.29 is 13.0 Å². The number of nitrogens with one attached hydrogen (secondary N) is 3. The molecule has 0 radical (unpaired) electrons. The number of aromatic nitrogens is 1. The van der Waals surface area contributed by atoms with Crippen molar-refractivity contribution in [1.29, 1.82) is 0 Å². The Morgan fingerprint density at radius 2 is 2.04 bits per heavy atom. The largest absolute Gasteiger partial charge is 0.384 e. The molecule has 1 heterocycles. The van der Waals surface area contributed by atoms with E-state index in [-0.39, 0.29) is 15.0 Å². The van der Waals surface area contributed by atoms with E-state index in [0.717, 1.165) is 25.6 Å². The van der Waals surface area contributed by atoms with Crippen LogP contribution >= 0.6 is 22.9 Å². The van der Waals surface area contributed by atoms with Crippen LogP contribution in [0.2, 0.25) is 5.02 Å². The first-order valence-corrected chi connectivity index (χ1v) is 9.53. The predicted octanol–water partition coefficient (Wildman–Crippen LogP) is 3.62. The maximum Gasteiger partial charge on any atom is 0.198 e. The molecule has 24 heavy (non-hydrogen) atoms. The highest BCUT2D eigenvalue weighted by molar-refractivity contribution is 7.86. The molecule has 1 aromatic carbocycles. The minimum Gasteiger partial charge on any atom is -0.384 e. The number of nitrogens with zero attached hydrogens (tertiary/aromatic N) is 1. The summed E-state index contributed by atoms with van der Waals surface area (Å²) in [5, 5.41) is 5.95. The van der Waals surface area contributed by atoms with Crippen molar-refractivity contribution >= 4 is 44.7 Å². The summed E-state index contributed by atoms with van der Waals surface area (Å²) in [5.74, 6) is -0.667. The van der Waals surface area contributed by atoms with E-state index in [1.165, 1.54) is 12.1 Å². The molecule has 2 rings (SSSR count). The second-order valence-corrected chi connectivity index (χ2v) is 7.41. The van der Waals surface area contributed by atoms with Gasteiger partial charge in [-0.05, 0) is 38.6 Å². The zero-order chi connectivity index (χ0) is 17.5. The van der Waals surface area contributed by atoms with Gasteiger partial charge in [0, 0.05) is 6.54 Å². The summed E-state index contributed by atoms with van der Waals surface area (Å²) in [4.78, 5) is 3.57. The van der Waals surface area contributed by atoms with Gasteiger partial charge in [-0.2, -0.15) is 4.39 Å². The number of hydrogen-bond donors (Lipinski definition) is 3. The third-order valence-electron chi connectivity index (χ3n) is 3.05. The van der Waals surface area contributed by atoms with Gasteiger partial charge < -0.3 is 10.6 Å². The van der Waals surface area contributed by atoms with Crippen LogP contribution in [0.25, 0.3) is 0 Å². The number of rotatable bonds is 9. The van der Waals surface area contributed by atoms with Gasteiger partial charge in [-0.3, -0.25) is 4.72 Å². The lowest BCUT2D eigenvalue weighted by molar-refractivity contribution is 0.596. The van der Waals surface area contributed by atoms with E-state index in [9.17, 15) is 13.0 Å². The van der Waals surface area contributed by atoms with Crippen molar-refractivity contribution in [3.05, 3.63) is 34.3 Å². The van der Waals surface area contributed by atoms with Crippen LogP contribution in [-0.2, 0) is 11.0 Å². The molecule has 0 bridgehead atoms. The number of halogens is 3. The standard InChI is InChI=1S/C14H17ClF2N4OS2/c1-18-4-2-3-5-19-11-7-10(16)12(6-9(11)15)24(22)21-14-20-8-13(17)23-14/h6-8,18-19H,2-5H2,1H3,(H,20,21). The molecule has 3 N–H and O–H groups in total. The highest BCUT2D eigenvalue weighted by Crippen LogP contribution is 2.28. The Balaban J connectivity index is 2.01. The van der Waals surface area contributed by atoms with Crippen LogP contribution in [0.1, 0.15) is 12.8 Å². The van der Waals surface area contributed by atoms with Gasteiger partial charge in [0.1, 0.15) is 5.82 Å². The molecule has 0 amide bonds. The monoisotopic (exact) mass is 394 g/mol. The Kier molecular flexibility index (Phi) is 7.35. The fourth-order valence-corrected chi connectivity index (χ4v) is 3.76. The molecule has 0 aliphatic rings. The van der Waals surface area contributed by atoms with Crippen molar-refractivity contribution in [3.8, 4) is 0 Å². The molecule has 0 saturated heterocycles. The van der Waals surface area contributed by atoms with Crippen LogP contribution in [0.15, 0.2) is 23.2 Å². The predicted molar refractivity (Wildman–Crippen MR) is 95.2 cm³/mol. The third kappa shape index (κ3) is 5.37. The van der Waals surface area contributed by atoms with Gasteiger partial charge in [0.05, 0.1) is 21.8 Å². The van der Waals surface area contributed by atoms with E-state index < -0.39 is 21.9 Å². The number of unbranched alkanes of at least 4 members (excludes halogenated alkanes) is 1.